The van der Waals surface area contributed by atoms with E-state index in [9.17, 15) is 4.79 Å². The number of amides is 1. The summed E-state index contributed by atoms with van der Waals surface area (Å²) in [6.45, 7) is 5.15. The van der Waals surface area contributed by atoms with E-state index in [0.29, 0.717) is 13.2 Å². The van der Waals surface area contributed by atoms with Crippen molar-refractivity contribution in [1.29, 1.82) is 0 Å². The van der Waals surface area contributed by atoms with Gasteiger partial charge in [0.2, 0.25) is 5.91 Å². The average Bonchev–Trinajstić information content (AvgIpc) is 3.28. The summed E-state index contributed by atoms with van der Waals surface area (Å²) < 4.78 is 11.2. The van der Waals surface area contributed by atoms with Crippen LogP contribution in [0.5, 0.6) is 11.5 Å². The number of likely N-dealkylation sites (tertiary alicyclic amines) is 1. The Morgan fingerprint density at radius 1 is 1.10 bits per heavy atom. The number of hydrogen-bond donors (Lipinski definition) is 1. The number of carbonyl (C=O) groups is 1. The predicted molar refractivity (Wildman–Crippen MR) is 116 cm³/mol. The van der Waals surface area contributed by atoms with E-state index < -0.39 is 0 Å². The van der Waals surface area contributed by atoms with Gasteiger partial charge in [0.1, 0.15) is 11.5 Å². The third-order valence-corrected chi connectivity index (χ3v) is 5.18. The fourth-order valence-electron chi connectivity index (χ4n) is 3.76. The molecular weight excluding hydrogens is 364 g/mol. The van der Waals surface area contributed by atoms with Crippen molar-refractivity contribution in [3.63, 3.8) is 0 Å². The van der Waals surface area contributed by atoms with Crippen LogP contribution >= 0.6 is 0 Å². The maximum atomic E-state index is 12.5. The average molecular weight is 395 g/mol. The molecule has 5 heteroatoms. The number of para-hydroxylation sites is 2. The molecule has 0 aromatic heterocycles. The fraction of sp³-hybridized carbons (Fsp3) is 0.375. The first-order valence-electron chi connectivity index (χ1n) is 10.3. The molecule has 0 spiro atoms. The lowest BCUT2D eigenvalue weighted by Gasteiger charge is -2.29. The van der Waals surface area contributed by atoms with Gasteiger partial charge in [-0.2, -0.15) is 0 Å². The third-order valence-electron chi connectivity index (χ3n) is 5.18. The van der Waals surface area contributed by atoms with E-state index in [-0.39, 0.29) is 11.9 Å². The first kappa shape index (κ1) is 20.9. The first-order valence-corrected chi connectivity index (χ1v) is 10.3. The van der Waals surface area contributed by atoms with Crippen molar-refractivity contribution in [2.45, 2.75) is 25.8 Å². The molecular formula is C24H30N2O3. The van der Waals surface area contributed by atoms with Crippen LogP contribution in [0.4, 0.5) is 0 Å². The maximum absolute atomic E-state index is 12.5. The zero-order valence-electron chi connectivity index (χ0n) is 17.3. The number of ether oxygens (including phenoxy) is 2. The topological polar surface area (TPSA) is 50.8 Å². The summed E-state index contributed by atoms with van der Waals surface area (Å²) in [6, 6.07) is 15.9. The zero-order chi connectivity index (χ0) is 20.5. The Bertz CT molecular complexity index is 828. The molecule has 0 saturated carbocycles. The van der Waals surface area contributed by atoms with E-state index in [1.807, 2.05) is 49.4 Å². The van der Waals surface area contributed by atoms with Crippen LogP contribution < -0.4 is 14.8 Å². The molecule has 0 radical (unpaired) electrons. The highest BCUT2D eigenvalue weighted by Gasteiger charge is 2.26. The lowest BCUT2D eigenvalue weighted by molar-refractivity contribution is -0.116. The summed E-state index contributed by atoms with van der Waals surface area (Å²) in [5.41, 5.74) is 2.01. The highest BCUT2D eigenvalue weighted by atomic mass is 16.5. The maximum Gasteiger partial charge on any atom is 0.244 e. The number of carbonyl (C=O) groups excluding carboxylic acids is 1. The Kier molecular flexibility index (Phi) is 7.70. The van der Waals surface area contributed by atoms with Crippen molar-refractivity contribution in [3.05, 3.63) is 65.7 Å². The van der Waals surface area contributed by atoms with E-state index in [4.69, 9.17) is 9.47 Å². The Labute approximate surface area is 173 Å². The molecule has 2 aromatic carbocycles. The number of nitrogens with zero attached hydrogens (tertiary/aromatic N) is 1. The summed E-state index contributed by atoms with van der Waals surface area (Å²) in [5.74, 6) is 1.53. The molecule has 1 atom stereocenters. The van der Waals surface area contributed by atoms with Crippen LogP contribution in [0.1, 0.15) is 36.9 Å². The minimum Gasteiger partial charge on any atom is -0.496 e. The van der Waals surface area contributed by atoms with E-state index in [2.05, 4.69) is 16.3 Å². The lowest BCUT2D eigenvalue weighted by Crippen LogP contribution is -2.36. The van der Waals surface area contributed by atoms with Gasteiger partial charge in [0, 0.05) is 23.7 Å². The summed E-state index contributed by atoms with van der Waals surface area (Å²) >= 11 is 0. The largest absolute Gasteiger partial charge is 0.496 e. The van der Waals surface area contributed by atoms with Gasteiger partial charge in [0.25, 0.3) is 0 Å². The molecule has 3 rings (SSSR count). The molecule has 0 aliphatic carbocycles. The second-order valence-corrected chi connectivity index (χ2v) is 7.05. The number of benzene rings is 2. The lowest BCUT2D eigenvalue weighted by atomic mass is 10.0. The van der Waals surface area contributed by atoms with Crippen molar-refractivity contribution in [2.24, 2.45) is 0 Å². The highest BCUT2D eigenvalue weighted by Crippen LogP contribution is 2.31. The zero-order valence-corrected chi connectivity index (χ0v) is 17.3. The van der Waals surface area contributed by atoms with Crippen LogP contribution in [0.15, 0.2) is 54.6 Å². The second-order valence-electron chi connectivity index (χ2n) is 7.05. The van der Waals surface area contributed by atoms with E-state index in [0.717, 1.165) is 35.7 Å². The van der Waals surface area contributed by atoms with Gasteiger partial charge >= 0.3 is 0 Å². The Morgan fingerprint density at radius 3 is 2.52 bits per heavy atom. The molecule has 1 N–H and O–H groups in total. The molecule has 0 bridgehead atoms. The molecule has 1 saturated heterocycles. The molecule has 1 fully saturated rings. The fourth-order valence-corrected chi connectivity index (χ4v) is 3.76. The van der Waals surface area contributed by atoms with Gasteiger partial charge < -0.3 is 14.8 Å². The standard InChI is InChI=1S/C24H30N2O3/c1-3-29-22-12-6-4-10-19(22)14-15-24(27)25-18-21(26-16-8-9-17-26)20-11-5-7-13-23(20)28-2/h4-7,10-15,21H,3,8-9,16-18H2,1-2H3,(H,25,27)/b15-14+. The summed E-state index contributed by atoms with van der Waals surface area (Å²) in [6.07, 6.45) is 5.75. The molecule has 2 aromatic rings. The predicted octanol–water partition coefficient (Wildman–Crippen LogP) is 4.06. The molecule has 1 amide bonds. The van der Waals surface area contributed by atoms with Crippen molar-refractivity contribution >= 4 is 12.0 Å². The summed E-state index contributed by atoms with van der Waals surface area (Å²) in [5, 5.41) is 3.07. The third kappa shape index (κ3) is 5.61. The minimum absolute atomic E-state index is 0.0988. The molecule has 1 aliphatic heterocycles. The van der Waals surface area contributed by atoms with Gasteiger partial charge in [-0.25, -0.2) is 0 Å². The van der Waals surface area contributed by atoms with E-state index >= 15 is 0 Å². The van der Waals surface area contributed by atoms with E-state index in [1.54, 1.807) is 19.3 Å². The second kappa shape index (κ2) is 10.7. The smallest absolute Gasteiger partial charge is 0.244 e. The van der Waals surface area contributed by atoms with Crippen molar-refractivity contribution in [1.82, 2.24) is 10.2 Å². The monoisotopic (exact) mass is 394 g/mol. The van der Waals surface area contributed by atoms with Gasteiger partial charge in [-0.3, -0.25) is 9.69 Å². The minimum atomic E-state index is -0.115. The Balaban J connectivity index is 1.68. The van der Waals surface area contributed by atoms with Crippen LogP contribution in [0.2, 0.25) is 0 Å². The SMILES string of the molecule is CCOc1ccccc1/C=C/C(=O)NCC(c1ccccc1OC)N1CCCC1. The van der Waals surface area contributed by atoms with Crippen molar-refractivity contribution in [3.8, 4) is 11.5 Å². The Hall–Kier alpha value is -2.79. The normalized spacial score (nSPS) is 15.4. The molecule has 29 heavy (non-hydrogen) atoms. The summed E-state index contributed by atoms with van der Waals surface area (Å²) in [7, 11) is 1.69. The van der Waals surface area contributed by atoms with Crippen LogP contribution in [0.3, 0.4) is 0 Å². The number of methoxy groups -OCH3 is 1. The van der Waals surface area contributed by atoms with Crippen LogP contribution in [0, 0.1) is 0 Å². The van der Waals surface area contributed by atoms with Gasteiger partial charge in [0.05, 0.1) is 19.8 Å². The van der Waals surface area contributed by atoms with Crippen LogP contribution in [-0.2, 0) is 4.79 Å². The molecule has 1 aliphatic rings. The number of hydrogen-bond acceptors (Lipinski definition) is 4. The number of rotatable bonds is 9. The molecule has 5 nitrogen and oxygen atoms in total. The van der Waals surface area contributed by atoms with Crippen LogP contribution in [0.25, 0.3) is 6.08 Å². The first-order chi connectivity index (χ1) is 14.2. The molecule has 1 heterocycles. The van der Waals surface area contributed by atoms with Crippen LogP contribution in [-0.4, -0.2) is 44.2 Å². The summed E-state index contributed by atoms with van der Waals surface area (Å²) in [4.78, 5) is 14.9. The van der Waals surface area contributed by atoms with Gasteiger partial charge in [-0.15, -0.1) is 0 Å². The molecule has 154 valence electrons. The Morgan fingerprint density at radius 2 is 1.79 bits per heavy atom. The molecule has 1 unspecified atom stereocenters. The highest BCUT2D eigenvalue weighted by molar-refractivity contribution is 5.92. The van der Waals surface area contributed by atoms with Gasteiger partial charge in [-0.05, 0) is 51.1 Å². The quantitative estimate of drug-likeness (QED) is 0.652. The van der Waals surface area contributed by atoms with Gasteiger partial charge in [0.15, 0.2) is 0 Å². The van der Waals surface area contributed by atoms with Crippen molar-refractivity contribution in [2.75, 3.05) is 33.4 Å². The van der Waals surface area contributed by atoms with Gasteiger partial charge in [-0.1, -0.05) is 36.4 Å². The van der Waals surface area contributed by atoms with Crippen molar-refractivity contribution < 1.29 is 14.3 Å². The number of nitrogens with one attached hydrogen (secondary N) is 1. The van der Waals surface area contributed by atoms with E-state index in [1.165, 1.54) is 12.8 Å².